The molecule has 0 aliphatic heterocycles. The molecule has 0 unspecified atom stereocenters. The Morgan fingerprint density at radius 1 is 1.00 bits per heavy atom. The Hall–Kier alpha value is -2.62. The molecular weight excluding hydrogens is 312 g/mol. The summed E-state index contributed by atoms with van der Waals surface area (Å²) in [6.45, 7) is 6.23. The van der Waals surface area contributed by atoms with Gasteiger partial charge in [-0.1, -0.05) is 59.7 Å². The number of benzene rings is 2. The Kier molecular flexibility index (Phi) is 6.34. The van der Waals surface area contributed by atoms with Crippen LogP contribution in [0.15, 0.2) is 48.5 Å². The summed E-state index contributed by atoms with van der Waals surface area (Å²) in [7, 11) is 1.59. The Morgan fingerprint density at radius 3 is 2.16 bits per heavy atom. The molecular formula is C21H26N2O2. The van der Waals surface area contributed by atoms with Crippen molar-refractivity contribution in [2.45, 2.75) is 39.8 Å². The summed E-state index contributed by atoms with van der Waals surface area (Å²) in [6, 6.07) is 15.4. The molecule has 0 heterocycles. The minimum absolute atomic E-state index is 0.0510. The fourth-order valence-corrected chi connectivity index (χ4v) is 3.02. The van der Waals surface area contributed by atoms with Crippen molar-refractivity contribution >= 4 is 11.8 Å². The van der Waals surface area contributed by atoms with Gasteiger partial charge >= 0.3 is 0 Å². The zero-order chi connectivity index (χ0) is 18.4. The molecule has 1 N–H and O–H groups in total. The standard InChI is InChI=1S/C21H26N2O2/c1-15-10-16(2)12-19(11-15)13-20(24)23(17(3)21(25)22-4)14-18-8-6-5-7-9-18/h5-12,17H,13-14H2,1-4H3,(H,22,25)/t17-/m1/s1. The minimum atomic E-state index is -0.524. The second-order valence-corrected chi connectivity index (χ2v) is 6.47. The van der Waals surface area contributed by atoms with Gasteiger partial charge in [0.05, 0.1) is 6.42 Å². The summed E-state index contributed by atoms with van der Waals surface area (Å²) in [4.78, 5) is 26.7. The lowest BCUT2D eigenvalue weighted by atomic mass is 10.0. The maximum absolute atomic E-state index is 12.9. The van der Waals surface area contributed by atoms with Gasteiger partial charge in [0.1, 0.15) is 6.04 Å². The molecule has 0 radical (unpaired) electrons. The lowest BCUT2D eigenvalue weighted by Crippen LogP contribution is -2.47. The van der Waals surface area contributed by atoms with E-state index in [1.165, 1.54) is 0 Å². The summed E-state index contributed by atoms with van der Waals surface area (Å²) in [5.41, 5.74) is 4.25. The second-order valence-electron chi connectivity index (χ2n) is 6.47. The highest BCUT2D eigenvalue weighted by molar-refractivity contribution is 5.88. The SMILES string of the molecule is CNC(=O)[C@@H](C)N(Cc1ccccc1)C(=O)Cc1cc(C)cc(C)c1. The first-order valence-electron chi connectivity index (χ1n) is 8.53. The molecule has 1 atom stereocenters. The van der Waals surface area contributed by atoms with Crippen LogP contribution in [0.2, 0.25) is 0 Å². The number of rotatable bonds is 6. The lowest BCUT2D eigenvalue weighted by Gasteiger charge is -2.28. The molecule has 0 bridgehead atoms. The normalized spacial score (nSPS) is 11.7. The summed E-state index contributed by atoms with van der Waals surface area (Å²) in [5.74, 6) is -0.213. The first kappa shape index (κ1) is 18.7. The molecule has 4 heteroatoms. The first-order chi connectivity index (χ1) is 11.9. The van der Waals surface area contributed by atoms with Crippen LogP contribution >= 0.6 is 0 Å². The molecule has 2 rings (SSSR count). The topological polar surface area (TPSA) is 49.4 Å². The molecule has 132 valence electrons. The molecule has 0 aliphatic carbocycles. The quantitative estimate of drug-likeness (QED) is 0.880. The number of aryl methyl sites for hydroxylation is 2. The number of hydrogen-bond acceptors (Lipinski definition) is 2. The van der Waals surface area contributed by atoms with Crippen LogP contribution in [0.25, 0.3) is 0 Å². The molecule has 0 aliphatic rings. The zero-order valence-corrected chi connectivity index (χ0v) is 15.4. The van der Waals surface area contributed by atoms with Crippen LogP contribution in [-0.4, -0.2) is 29.8 Å². The Bertz CT molecular complexity index is 721. The van der Waals surface area contributed by atoms with E-state index in [1.807, 2.05) is 56.3 Å². The number of likely N-dealkylation sites (N-methyl/N-ethyl adjacent to an activating group) is 1. The van der Waals surface area contributed by atoms with E-state index in [0.717, 1.165) is 22.3 Å². The highest BCUT2D eigenvalue weighted by atomic mass is 16.2. The van der Waals surface area contributed by atoms with E-state index in [-0.39, 0.29) is 18.2 Å². The van der Waals surface area contributed by atoms with E-state index in [0.29, 0.717) is 6.54 Å². The van der Waals surface area contributed by atoms with Gasteiger partial charge in [0, 0.05) is 13.6 Å². The van der Waals surface area contributed by atoms with E-state index in [1.54, 1.807) is 18.9 Å². The van der Waals surface area contributed by atoms with Gasteiger partial charge in [0.2, 0.25) is 11.8 Å². The van der Waals surface area contributed by atoms with Crippen molar-refractivity contribution in [3.05, 3.63) is 70.8 Å². The summed E-state index contributed by atoms with van der Waals surface area (Å²) < 4.78 is 0. The molecule has 0 spiro atoms. The Balaban J connectivity index is 2.23. The third-order valence-electron chi connectivity index (χ3n) is 4.25. The van der Waals surface area contributed by atoms with Gasteiger partial charge in [0.25, 0.3) is 0 Å². The van der Waals surface area contributed by atoms with Crippen molar-refractivity contribution in [3.8, 4) is 0 Å². The van der Waals surface area contributed by atoms with Crippen LogP contribution in [0.4, 0.5) is 0 Å². The molecule has 0 saturated heterocycles. The Morgan fingerprint density at radius 2 is 1.60 bits per heavy atom. The fraction of sp³-hybridized carbons (Fsp3) is 0.333. The second kappa shape index (κ2) is 8.47. The van der Waals surface area contributed by atoms with Gasteiger partial charge in [-0.25, -0.2) is 0 Å². The lowest BCUT2D eigenvalue weighted by molar-refractivity contribution is -0.139. The molecule has 2 amide bonds. The number of amides is 2. The number of nitrogens with one attached hydrogen (secondary N) is 1. The molecule has 2 aromatic rings. The molecule has 4 nitrogen and oxygen atoms in total. The van der Waals surface area contributed by atoms with Crippen molar-refractivity contribution < 1.29 is 9.59 Å². The van der Waals surface area contributed by atoms with E-state index < -0.39 is 6.04 Å². The van der Waals surface area contributed by atoms with Crippen LogP contribution < -0.4 is 5.32 Å². The highest BCUT2D eigenvalue weighted by Gasteiger charge is 2.25. The van der Waals surface area contributed by atoms with Crippen molar-refractivity contribution in [1.82, 2.24) is 10.2 Å². The third kappa shape index (κ3) is 5.18. The van der Waals surface area contributed by atoms with Crippen LogP contribution in [-0.2, 0) is 22.6 Å². The third-order valence-corrected chi connectivity index (χ3v) is 4.25. The fourth-order valence-electron chi connectivity index (χ4n) is 3.02. The number of carbonyl (C=O) groups excluding carboxylic acids is 2. The van der Waals surface area contributed by atoms with E-state index in [2.05, 4.69) is 11.4 Å². The zero-order valence-electron chi connectivity index (χ0n) is 15.4. The number of hydrogen-bond donors (Lipinski definition) is 1. The molecule has 25 heavy (non-hydrogen) atoms. The van der Waals surface area contributed by atoms with Crippen molar-refractivity contribution in [1.29, 1.82) is 0 Å². The maximum Gasteiger partial charge on any atom is 0.242 e. The molecule has 0 fully saturated rings. The number of nitrogens with zero attached hydrogens (tertiary/aromatic N) is 1. The number of carbonyl (C=O) groups is 2. The highest BCUT2D eigenvalue weighted by Crippen LogP contribution is 2.14. The van der Waals surface area contributed by atoms with Gasteiger partial charge in [-0.15, -0.1) is 0 Å². The van der Waals surface area contributed by atoms with Gasteiger partial charge in [-0.2, -0.15) is 0 Å². The maximum atomic E-state index is 12.9. The van der Waals surface area contributed by atoms with Gasteiger partial charge in [-0.05, 0) is 31.9 Å². The molecule has 2 aromatic carbocycles. The van der Waals surface area contributed by atoms with Crippen LogP contribution in [0, 0.1) is 13.8 Å². The van der Waals surface area contributed by atoms with Gasteiger partial charge in [0.15, 0.2) is 0 Å². The first-order valence-corrected chi connectivity index (χ1v) is 8.53. The van der Waals surface area contributed by atoms with E-state index >= 15 is 0 Å². The average molecular weight is 338 g/mol. The summed E-state index contributed by atoms with van der Waals surface area (Å²) in [5, 5.41) is 2.64. The summed E-state index contributed by atoms with van der Waals surface area (Å²) >= 11 is 0. The predicted molar refractivity (Wildman–Crippen MR) is 100 cm³/mol. The van der Waals surface area contributed by atoms with Gasteiger partial charge in [-0.3, -0.25) is 9.59 Å². The van der Waals surface area contributed by atoms with E-state index in [9.17, 15) is 9.59 Å². The molecule has 0 aromatic heterocycles. The summed E-state index contributed by atoms with van der Waals surface area (Å²) in [6.07, 6.45) is 0.288. The average Bonchev–Trinajstić information content (AvgIpc) is 2.58. The smallest absolute Gasteiger partial charge is 0.242 e. The Labute approximate surface area is 149 Å². The van der Waals surface area contributed by atoms with Crippen LogP contribution in [0.5, 0.6) is 0 Å². The van der Waals surface area contributed by atoms with Crippen LogP contribution in [0.1, 0.15) is 29.2 Å². The van der Waals surface area contributed by atoms with E-state index in [4.69, 9.17) is 0 Å². The predicted octanol–water partition coefficient (Wildman–Crippen LogP) is 3.01. The largest absolute Gasteiger partial charge is 0.357 e. The van der Waals surface area contributed by atoms with Gasteiger partial charge < -0.3 is 10.2 Å². The van der Waals surface area contributed by atoms with Crippen LogP contribution in [0.3, 0.4) is 0 Å². The monoisotopic (exact) mass is 338 g/mol. The minimum Gasteiger partial charge on any atom is -0.357 e. The van der Waals surface area contributed by atoms with Crippen molar-refractivity contribution in [2.24, 2.45) is 0 Å². The molecule has 0 saturated carbocycles. The van der Waals surface area contributed by atoms with Crippen molar-refractivity contribution in [3.63, 3.8) is 0 Å². The van der Waals surface area contributed by atoms with Crippen molar-refractivity contribution in [2.75, 3.05) is 7.05 Å².